The van der Waals surface area contributed by atoms with Gasteiger partial charge in [-0.25, -0.2) is 0 Å². The number of aromatic nitrogens is 1. The number of anilines is 1. The van der Waals surface area contributed by atoms with Gasteiger partial charge in [0.15, 0.2) is 0 Å². The van der Waals surface area contributed by atoms with Crippen molar-refractivity contribution in [2.45, 2.75) is 19.1 Å². The van der Waals surface area contributed by atoms with Gasteiger partial charge >= 0.3 is 0 Å². The summed E-state index contributed by atoms with van der Waals surface area (Å²) in [7, 11) is 0. The van der Waals surface area contributed by atoms with Crippen molar-refractivity contribution >= 4 is 5.69 Å². The number of benzene rings is 2. The van der Waals surface area contributed by atoms with Gasteiger partial charge in [0.2, 0.25) is 0 Å². The molecular formula is C21H22N2O. The number of hydrogen-bond acceptors (Lipinski definition) is 3. The van der Waals surface area contributed by atoms with E-state index in [0.717, 1.165) is 24.2 Å². The molecule has 0 spiro atoms. The molecule has 1 aromatic heterocycles. The van der Waals surface area contributed by atoms with Crippen LogP contribution < -0.4 is 5.32 Å². The van der Waals surface area contributed by atoms with Crippen LogP contribution in [-0.2, 0) is 17.8 Å². The van der Waals surface area contributed by atoms with Crippen LogP contribution in [-0.4, -0.2) is 17.6 Å². The summed E-state index contributed by atoms with van der Waals surface area (Å²) in [4.78, 5) is 4.14. The first-order valence-corrected chi connectivity index (χ1v) is 8.23. The van der Waals surface area contributed by atoms with Gasteiger partial charge in [-0.15, -0.1) is 0 Å². The molecule has 3 aromatic rings. The Labute approximate surface area is 143 Å². The fraction of sp³-hybridized carbons (Fsp3) is 0.190. The highest BCUT2D eigenvalue weighted by Crippen LogP contribution is 2.11. The van der Waals surface area contributed by atoms with Crippen molar-refractivity contribution in [3.05, 3.63) is 96.3 Å². The number of hydrogen-bond donors (Lipinski definition) is 1. The lowest BCUT2D eigenvalue weighted by molar-refractivity contribution is 0.0493. The maximum atomic E-state index is 6.15. The number of nitrogens with one attached hydrogen (secondary N) is 1. The van der Waals surface area contributed by atoms with Crippen molar-refractivity contribution < 1.29 is 4.74 Å². The lowest BCUT2D eigenvalue weighted by Crippen LogP contribution is -2.25. The van der Waals surface area contributed by atoms with Gasteiger partial charge in [-0.3, -0.25) is 4.98 Å². The Morgan fingerprint density at radius 3 is 2.25 bits per heavy atom. The smallest absolute Gasteiger partial charge is 0.0792 e. The summed E-state index contributed by atoms with van der Waals surface area (Å²) in [6, 6.07) is 24.7. The third-order valence-corrected chi connectivity index (χ3v) is 3.82. The maximum absolute atomic E-state index is 6.15. The minimum Gasteiger partial charge on any atom is -0.382 e. The molecule has 0 saturated carbocycles. The molecule has 0 radical (unpaired) electrons. The zero-order chi connectivity index (χ0) is 16.5. The number of para-hydroxylation sites is 1. The molecule has 1 unspecified atom stereocenters. The van der Waals surface area contributed by atoms with Crippen LogP contribution in [0.25, 0.3) is 0 Å². The van der Waals surface area contributed by atoms with Gasteiger partial charge in [-0.1, -0.05) is 54.6 Å². The second-order valence-electron chi connectivity index (χ2n) is 5.73. The molecule has 2 aromatic carbocycles. The van der Waals surface area contributed by atoms with Crippen LogP contribution in [0.5, 0.6) is 0 Å². The first-order chi connectivity index (χ1) is 11.9. The van der Waals surface area contributed by atoms with E-state index < -0.39 is 0 Å². The van der Waals surface area contributed by atoms with Gasteiger partial charge in [0.05, 0.1) is 12.7 Å². The highest BCUT2D eigenvalue weighted by molar-refractivity contribution is 5.42. The van der Waals surface area contributed by atoms with E-state index in [1.54, 1.807) is 6.20 Å². The van der Waals surface area contributed by atoms with E-state index in [1.165, 1.54) is 5.56 Å². The van der Waals surface area contributed by atoms with E-state index >= 15 is 0 Å². The fourth-order valence-corrected chi connectivity index (χ4v) is 2.55. The predicted octanol–water partition coefficient (Wildman–Crippen LogP) is 4.32. The summed E-state index contributed by atoms with van der Waals surface area (Å²) in [5.41, 5.74) is 3.49. The van der Waals surface area contributed by atoms with E-state index in [4.69, 9.17) is 4.74 Å². The third kappa shape index (κ3) is 5.21. The maximum Gasteiger partial charge on any atom is 0.0792 e. The lowest BCUT2D eigenvalue weighted by Gasteiger charge is -2.19. The second kappa shape index (κ2) is 8.85. The van der Waals surface area contributed by atoms with Crippen LogP contribution in [0, 0.1) is 0 Å². The van der Waals surface area contributed by atoms with Crippen molar-refractivity contribution in [3.8, 4) is 0 Å². The van der Waals surface area contributed by atoms with E-state index in [0.29, 0.717) is 6.61 Å². The van der Waals surface area contributed by atoms with Crippen molar-refractivity contribution in [1.82, 2.24) is 4.98 Å². The minimum absolute atomic E-state index is 0.0906. The van der Waals surface area contributed by atoms with Gasteiger partial charge in [0.1, 0.15) is 0 Å². The van der Waals surface area contributed by atoms with Gasteiger partial charge in [-0.05, 0) is 29.3 Å². The molecule has 3 heteroatoms. The van der Waals surface area contributed by atoms with Gasteiger partial charge < -0.3 is 10.1 Å². The van der Waals surface area contributed by atoms with Crippen molar-refractivity contribution in [2.75, 3.05) is 11.9 Å². The Balaban J connectivity index is 1.61. The zero-order valence-corrected chi connectivity index (χ0v) is 13.6. The molecule has 0 saturated heterocycles. The number of nitrogens with zero attached hydrogens (tertiary/aromatic N) is 1. The normalized spacial score (nSPS) is 11.8. The van der Waals surface area contributed by atoms with E-state index in [9.17, 15) is 0 Å². The van der Waals surface area contributed by atoms with Crippen LogP contribution in [0.15, 0.2) is 85.2 Å². The molecule has 122 valence electrons. The lowest BCUT2D eigenvalue weighted by atomic mass is 10.1. The van der Waals surface area contributed by atoms with Crippen molar-refractivity contribution in [3.63, 3.8) is 0 Å². The van der Waals surface area contributed by atoms with Gasteiger partial charge in [0.25, 0.3) is 0 Å². The Bertz CT molecular complexity index is 658. The second-order valence-corrected chi connectivity index (χ2v) is 5.73. The molecule has 0 bridgehead atoms. The SMILES string of the molecule is c1ccc(CC(CNc2ccccc2)OCc2cccnc2)cc1. The summed E-state index contributed by atoms with van der Waals surface area (Å²) in [5, 5.41) is 3.46. The molecule has 1 N–H and O–H groups in total. The Morgan fingerprint density at radius 1 is 0.833 bits per heavy atom. The Morgan fingerprint density at radius 2 is 1.54 bits per heavy atom. The summed E-state index contributed by atoms with van der Waals surface area (Å²) in [5.74, 6) is 0. The molecule has 24 heavy (non-hydrogen) atoms. The average molecular weight is 318 g/mol. The molecule has 0 aliphatic heterocycles. The van der Waals surface area contributed by atoms with E-state index in [-0.39, 0.29) is 6.10 Å². The summed E-state index contributed by atoms with van der Waals surface area (Å²) < 4.78 is 6.15. The van der Waals surface area contributed by atoms with Crippen molar-refractivity contribution in [2.24, 2.45) is 0 Å². The third-order valence-electron chi connectivity index (χ3n) is 3.82. The van der Waals surface area contributed by atoms with Crippen LogP contribution in [0.3, 0.4) is 0 Å². The largest absolute Gasteiger partial charge is 0.382 e. The van der Waals surface area contributed by atoms with Crippen LogP contribution in [0.2, 0.25) is 0 Å². The molecule has 3 rings (SSSR count). The van der Waals surface area contributed by atoms with Crippen molar-refractivity contribution in [1.29, 1.82) is 0 Å². The Kier molecular flexibility index (Phi) is 5.98. The van der Waals surface area contributed by atoms with Crippen LogP contribution >= 0.6 is 0 Å². The molecule has 0 amide bonds. The van der Waals surface area contributed by atoms with Crippen LogP contribution in [0.4, 0.5) is 5.69 Å². The van der Waals surface area contributed by atoms with Gasteiger partial charge in [0, 0.05) is 31.0 Å². The monoisotopic (exact) mass is 318 g/mol. The molecule has 0 aliphatic rings. The standard InChI is InChI=1S/C21H22N2O/c1-3-8-18(9-4-1)14-21(16-23-20-11-5-2-6-12-20)24-17-19-10-7-13-22-15-19/h1-13,15,21,23H,14,16-17H2. The highest BCUT2D eigenvalue weighted by atomic mass is 16.5. The molecule has 1 heterocycles. The highest BCUT2D eigenvalue weighted by Gasteiger charge is 2.11. The average Bonchev–Trinajstić information content (AvgIpc) is 2.66. The van der Waals surface area contributed by atoms with Crippen LogP contribution in [0.1, 0.15) is 11.1 Å². The fourth-order valence-electron chi connectivity index (χ4n) is 2.55. The summed E-state index contributed by atoms with van der Waals surface area (Å²) in [6.45, 7) is 1.33. The molecule has 0 fully saturated rings. The topological polar surface area (TPSA) is 34.1 Å². The first-order valence-electron chi connectivity index (χ1n) is 8.23. The first kappa shape index (κ1) is 16.2. The number of ether oxygens (including phenoxy) is 1. The molecular weight excluding hydrogens is 296 g/mol. The molecule has 1 atom stereocenters. The predicted molar refractivity (Wildman–Crippen MR) is 97.9 cm³/mol. The quantitative estimate of drug-likeness (QED) is 0.671. The Hall–Kier alpha value is -2.65. The van der Waals surface area contributed by atoms with E-state index in [2.05, 4.69) is 46.7 Å². The number of pyridine rings is 1. The minimum atomic E-state index is 0.0906. The number of rotatable bonds is 8. The summed E-state index contributed by atoms with van der Waals surface area (Å²) in [6.07, 6.45) is 4.60. The summed E-state index contributed by atoms with van der Waals surface area (Å²) >= 11 is 0. The van der Waals surface area contributed by atoms with Gasteiger partial charge in [-0.2, -0.15) is 0 Å². The molecule has 0 aliphatic carbocycles. The van der Waals surface area contributed by atoms with E-state index in [1.807, 2.05) is 42.6 Å². The molecule has 3 nitrogen and oxygen atoms in total. The zero-order valence-electron chi connectivity index (χ0n) is 13.6.